The van der Waals surface area contributed by atoms with Gasteiger partial charge in [-0.1, -0.05) is 29.8 Å². The van der Waals surface area contributed by atoms with Gasteiger partial charge in [0.2, 0.25) is 15.9 Å². The summed E-state index contributed by atoms with van der Waals surface area (Å²) in [5.74, 6) is -0.235. The van der Waals surface area contributed by atoms with E-state index in [2.05, 4.69) is 10.0 Å². The van der Waals surface area contributed by atoms with Gasteiger partial charge < -0.3 is 5.32 Å². The Labute approximate surface area is 229 Å². The Bertz CT molecular complexity index is 1550. The average Bonchev–Trinajstić information content (AvgIpc) is 3.26. The first-order valence-corrected chi connectivity index (χ1v) is 15.4. The van der Waals surface area contributed by atoms with E-state index >= 15 is 0 Å². The Morgan fingerprint density at radius 3 is 2.18 bits per heavy atom. The summed E-state index contributed by atoms with van der Waals surface area (Å²) in [6, 6.07) is 17.7. The number of aryl methyl sites for hydroxylation is 1. The molecule has 2 N–H and O–H groups in total. The second-order valence-electron chi connectivity index (χ2n) is 10.2. The number of nitrogens with one attached hydrogen (secondary N) is 2. The zero-order valence-electron chi connectivity index (χ0n) is 21.4. The molecule has 4 rings (SSSR count). The lowest BCUT2D eigenvalue weighted by Crippen LogP contribution is -2.40. The highest BCUT2D eigenvalue weighted by Gasteiger charge is 2.31. The van der Waals surface area contributed by atoms with Gasteiger partial charge in [0.15, 0.2) is 0 Å². The first kappa shape index (κ1) is 28.1. The monoisotopic (exact) mass is 575 g/mol. The molecule has 0 aromatic heterocycles. The topological polar surface area (TPSA) is 113 Å². The molecule has 3 aromatic rings. The summed E-state index contributed by atoms with van der Waals surface area (Å²) >= 11 is 5.91. The number of hydrogen-bond acceptors (Lipinski definition) is 5. The van der Waals surface area contributed by atoms with Crippen molar-refractivity contribution in [2.45, 2.75) is 55.4 Å². The molecular weight excluding hydrogens is 546 g/mol. The molecule has 0 radical (unpaired) electrons. The van der Waals surface area contributed by atoms with Crippen molar-refractivity contribution in [3.05, 3.63) is 82.9 Å². The van der Waals surface area contributed by atoms with E-state index in [0.717, 1.165) is 11.1 Å². The standard InChI is InChI=1S/C27H30ClN3O5S2/c1-27(2,3)30-37(33,34)23-11-4-19(5-12-23)6-15-26(32)29-22-10-7-20-16-17-31(25(20)18-22)38(35,36)24-13-8-21(28)9-14-24/h4-5,7-14,18,30H,6,15-17H2,1-3H3,(H,29,32). The van der Waals surface area contributed by atoms with Gasteiger partial charge in [0.25, 0.3) is 10.0 Å². The van der Waals surface area contributed by atoms with Crippen LogP contribution in [-0.4, -0.2) is 34.8 Å². The predicted octanol–water partition coefficient (Wildman–Crippen LogP) is 4.74. The van der Waals surface area contributed by atoms with Crippen molar-refractivity contribution < 1.29 is 21.6 Å². The first-order chi connectivity index (χ1) is 17.7. The number of carbonyl (C=O) groups is 1. The molecule has 0 aliphatic carbocycles. The summed E-state index contributed by atoms with van der Waals surface area (Å²) in [5.41, 5.74) is 2.16. The maximum absolute atomic E-state index is 13.2. The molecule has 1 amide bonds. The molecule has 0 bridgehead atoms. The lowest BCUT2D eigenvalue weighted by Gasteiger charge is -2.20. The van der Waals surface area contributed by atoms with Gasteiger partial charge >= 0.3 is 0 Å². The van der Waals surface area contributed by atoms with Gasteiger partial charge in [0.1, 0.15) is 0 Å². The van der Waals surface area contributed by atoms with Crippen LogP contribution in [-0.2, 0) is 37.7 Å². The van der Waals surface area contributed by atoms with Crippen molar-refractivity contribution >= 4 is 48.9 Å². The van der Waals surface area contributed by atoms with Crippen molar-refractivity contribution in [1.82, 2.24) is 4.72 Å². The van der Waals surface area contributed by atoms with Crippen LogP contribution in [0.1, 0.15) is 38.3 Å². The zero-order valence-corrected chi connectivity index (χ0v) is 23.8. The quantitative estimate of drug-likeness (QED) is 0.403. The van der Waals surface area contributed by atoms with Gasteiger partial charge in [-0.15, -0.1) is 0 Å². The fraction of sp³-hybridized carbons (Fsp3) is 0.296. The van der Waals surface area contributed by atoms with Crippen LogP contribution >= 0.6 is 11.6 Å². The third-order valence-electron chi connectivity index (χ3n) is 5.94. The van der Waals surface area contributed by atoms with E-state index in [0.29, 0.717) is 35.8 Å². The van der Waals surface area contributed by atoms with E-state index in [-0.39, 0.29) is 22.1 Å². The molecule has 38 heavy (non-hydrogen) atoms. The normalized spacial score (nSPS) is 13.8. The lowest BCUT2D eigenvalue weighted by molar-refractivity contribution is -0.116. The smallest absolute Gasteiger partial charge is 0.264 e. The largest absolute Gasteiger partial charge is 0.326 e. The molecule has 8 nitrogen and oxygen atoms in total. The number of hydrogen-bond donors (Lipinski definition) is 2. The molecule has 0 saturated heterocycles. The minimum Gasteiger partial charge on any atom is -0.326 e. The van der Waals surface area contributed by atoms with Gasteiger partial charge in [0, 0.05) is 29.2 Å². The van der Waals surface area contributed by atoms with Crippen LogP contribution in [0.25, 0.3) is 0 Å². The minimum absolute atomic E-state index is 0.150. The Morgan fingerprint density at radius 1 is 0.921 bits per heavy atom. The SMILES string of the molecule is CC(C)(C)NS(=O)(=O)c1ccc(CCC(=O)Nc2ccc3c(c2)N(S(=O)(=O)c2ccc(Cl)cc2)CC3)cc1. The van der Waals surface area contributed by atoms with Crippen molar-refractivity contribution in [3.63, 3.8) is 0 Å². The Morgan fingerprint density at radius 2 is 1.55 bits per heavy atom. The Hall–Kier alpha value is -2.92. The molecule has 0 atom stereocenters. The van der Waals surface area contributed by atoms with Crippen molar-refractivity contribution in [1.29, 1.82) is 0 Å². The van der Waals surface area contributed by atoms with Gasteiger partial charge in [-0.2, -0.15) is 0 Å². The molecule has 11 heteroatoms. The van der Waals surface area contributed by atoms with Gasteiger partial charge in [-0.3, -0.25) is 9.10 Å². The number of halogens is 1. The number of anilines is 2. The number of nitrogens with zero attached hydrogens (tertiary/aromatic N) is 1. The van der Waals surface area contributed by atoms with Crippen LogP contribution in [0.4, 0.5) is 11.4 Å². The van der Waals surface area contributed by atoms with Gasteiger partial charge in [-0.05, 0) is 93.3 Å². The Balaban J connectivity index is 1.40. The minimum atomic E-state index is -3.77. The second-order valence-corrected chi connectivity index (χ2v) is 14.2. The molecule has 0 spiro atoms. The highest BCUT2D eigenvalue weighted by atomic mass is 35.5. The summed E-state index contributed by atoms with van der Waals surface area (Å²) < 4.78 is 55.3. The summed E-state index contributed by atoms with van der Waals surface area (Å²) in [5, 5.41) is 3.29. The van der Waals surface area contributed by atoms with Gasteiger partial charge in [-0.25, -0.2) is 21.6 Å². The van der Waals surface area contributed by atoms with Crippen molar-refractivity contribution in [2.75, 3.05) is 16.2 Å². The predicted molar refractivity (Wildman–Crippen MR) is 150 cm³/mol. The number of sulfonamides is 2. The van der Waals surface area contributed by atoms with E-state index < -0.39 is 25.6 Å². The molecule has 3 aromatic carbocycles. The summed E-state index contributed by atoms with van der Waals surface area (Å²) in [6.07, 6.45) is 1.17. The first-order valence-electron chi connectivity index (χ1n) is 12.1. The Kier molecular flexibility index (Phi) is 7.90. The third kappa shape index (κ3) is 6.55. The van der Waals surface area contributed by atoms with E-state index in [1.165, 1.54) is 40.7 Å². The third-order valence-corrected chi connectivity index (χ3v) is 9.79. The van der Waals surface area contributed by atoms with Crippen LogP contribution in [0.5, 0.6) is 0 Å². The lowest BCUT2D eigenvalue weighted by atomic mass is 10.1. The van der Waals surface area contributed by atoms with Gasteiger partial charge in [0.05, 0.1) is 15.5 Å². The number of fused-ring (bicyclic) bond motifs is 1. The fourth-order valence-corrected chi connectivity index (χ4v) is 7.23. The van der Waals surface area contributed by atoms with E-state index in [1.54, 1.807) is 45.0 Å². The van der Waals surface area contributed by atoms with Crippen LogP contribution in [0, 0.1) is 0 Å². The average molecular weight is 576 g/mol. The van der Waals surface area contributed by atoms with E-state index in [9.17, 15) is 21.6 Å². The van der Waals surface area contributed by atoms with E-state index in [1.807, 2.05) is 6.07 Å². The van der Waals surface area contributed by atoms with Crippen LogP contribution in [0.15, 0.2) is 76.5 Å². The molecular formula is C27H30ClN3O5S2. The molecule has 0 unspecified atom stereocenters. The maximum Gasteiger partial charge on any atom is 0.264 e. The van der Waals surface area contributed by atoms with Crippen molar-refractivity contribution in [3.8, 4) is 0 Å². The molecule has 1 heterocycles. The molecule has 1 aliphatic rings. The van der Waals surface area contributed by atoms with Crippen molar-refractivity contribution in [2.24, 2.45) is 0 Å². The molecule has 202 valence electrons. The molecule has 1 aliphatic heterocycles. The molecule has 0 saturated carbocycles. The highest BCUT2D eigenvalue weighted by Crippen LogP contribution is 2.35. The van der Waals surface area contributed by atoms with Crippen LogP contribution in [0.3, 0.4) is 0 Å². The molecule has 0 fully saturated rings. The number of carbonyl (C=O) groups excluding carboxylic acids is 1. The number of rotatable bonds is 8. The van der Waals surface area contributed by atoms with E-state index in [4.69, 9.17) is 11.6 Å². The summed E-state index contributed by atoms with van der Waals surface area (Å²) in [4.78, 5) is 13.0. The van der Waals surface area contributed by atoms with Crippen LogP contribution in [0.2, 0.25) is 5.02 Å². The highest BCUT2D eigenvalue weighted by molar-refractivity contribution is 7.92. The summed E-state index contributed by atoms with van der Waals surface area (Å²) in [6.45, 7) is 5.63. The summed E-state index contributed by atoms with van der Waals surface area (Å²) in [7, 11) is -7.40. The number of amides is 1. The fourth-order valence-electron chi connectivity index (χ4n) is 4.19. The maximum atomic E-state index is 13.2. The second kappa shape index (κ2) is 10.7. The zero-order chi connectivity index (χ0) is 27.7. The number of benzene rings is 3. The van der Waals surface area contributed by atoms with Crippen LogP contribution < -0.4 is 14.3 Å².